The van der Waals surface area contributed by atoms with Gasteiger partial charge in [-0.3, -0.25) is 0 Å². The lowest BCUT2D eigenvalue weighted by Crippen LogP contribution is -2.30. The minimum Gasteiger partial charge on any atom is -0.0965 e. The summed E-state index contributed by atoms with van der Waals surface area (Å²) in [6.45, 7) is 2.66. The maximum atomic E-state index is 2.66. The first kappa shape index (κ1) is 23.5. The van der Waals surface area contributed by atoms with Gasteiger partial charge in [0.1, 0.15) is 0 Å². The average molecular weight is 475 g/mol. The van der Waals surface area contributed by atoms with E-state index in [-0.39, 0.29) is 7.92 Å². The van der Waals surface area contributed by atoms with Crippen molar-refractivity contribution in [2.45, 2.75) is 88.1 Å². The van der Waals surface area contributed by atoms with Crippen LogP contribution < -0.4 is 10.6 Å². The second-order valence-electron chi connectivity index (χ2n) is 10.3. The Balaban J connectivity index is 1.47. The van der Waals surface area contributed by atoms with Gasteiger partial charge in [-0.2, -0.15) is 0 Å². The van der Waals surface area contributed by atoms with Gasteiger partial charge < -0.3 is 0 Å². The van der Waals surface area contributed by atoms with Gasteiger partial charge in [-0.05, 0) is 66.5 Å². The van der Waals surface area contributed by atoms with Crippen LogP contribution in [0, 0.1) is 5.92 Å². The van der Waals surface area contributed by atoms with E-state index in [9.17, 15) is 0 Å². The van der Waals surface area contributed by atoms with Crippen molar-refractivity contribution in [1.82, 2.24) is 0 Å². The summed E-state index contributed by atoms with van der Waals surface area (Å²) in [4.78, 5) is 0. The first-order chi connectivity index (χ1) is 16.3. The normalized spacial score (nSPS) is 23.2. The average Bonchev–Trinajstić information content (AvgIpc) is 3.36. The Morgan fingerprint density at radius 3 is 1.64 bits per heavy atom. The molecule has 2 aromatic rings. The fourth-order valence-electron chi connectivity index (χ4n) is 6.62. The van der Waals surface area contributed by atoms with E-state index < -0.39 is 7.92 Å². The zero-order valence-corrected chi connectivity index (χ0v) is 22.1. The van der Waals surface area contributed by atoms with Crippen LogP contribution in [0.1, 0.15) is 71.1 Å². The number of rotatable bonds is 7. The van der Waals surface area contributed by atoms with Crippen LogP contribution in [-0.2, 0) is 0 Å². The molecule has 2 aromatic carbocycles. The van der Waals surface area contributed by atoms with Crippen molar-refractivity contribution in [2.24, 2.45) is 5.92 Å². The van der Waals surface area contributed by atoms with Crippen LogP contribution in [0.5, 0.6) is 0 Å². The molecule has 2 atom stereocenters. The van der Waals surface area contributed by atoms with Crippen molar-refractivity contribution in [3.05, 3.63) is 84.2 Å². The number of benzene rings is 2. The van der Waals surface area contributed by atoms with Crippen LogP contribution in [0.2, 0.25) is 0 Å². The molecule has 2 fully saturated rings. The number of hydrogen-bond acceptors (Lipinski definition) is 0. The van der Waals surface area contributed by atoms with E-state index in [0.717, 1.165) is 17.0 Å². The van der Waals surface area contributed by atoms with Crippen molar-refractivity contribution in [2.75, 3.05) is 0 Å². The molecule has 0 nitrogen and oxygen atoms in total. The molecule has 33 heavy (non-hydrogen) atoms. The summed E-state index contributed by atoms with van der Waals surface area (Å²) in [5.74, 6) is 0.617. The Labute approximate surface area is 204 Å². The van der Waals surface area contributed by atoms with Gasteiger partial charge in [0.05, 0.1) is 0 Å². The first-order valence-electron chi connectivity index (χ1n) is 13.4. The van der Waals surface area contributed by atoms with Gasteiger partial charge in [0.25, 0.3) is 0 Å². The van der Waals surface area contributed by atoms with E-state index in [4.69, 9.17) is 0 Å². The second-order valence-corrected chi connectivity index (χ2v) is 15.7. The fraction of sp³-hybridized carbons (Fsp3) is 0.484. The highest BCUT2D eigenvalue weighted by molar-refractivity contribution is 7.76. The van der Waals surface area contributed by atoms with E-state index >= 15 is 0 Å². The van der Waals surface area contributed by atoms with Crippen LogP contribution in [0.3, 0.4) is 0 Å². The molecule has 0 aromatic heterocycles. The van der Waals surface area contributed by atoms with Gasteiger partial charge in [0.2, 0.25) is 0 Å². The number of hydrogen-bond donors (Lipinski definition) is 0. The maximum absolute atomic E-state index is 2.66. The van der Waals surface area contributed by atoms with Gasteiger partial charge in [0.15, 0.2) is 0 Å². The Hall–Kier alpha value is -1.22. The third-order valence-electron chi connectivity index (χ3n) is 8.20. The minimum absolute atomic E-state index is 0.0599. The third kappa shape index (κ3) is 5.39. The summed E-state index contributed by atoms with van der Waals surface area (Å²) < 4.78 is 0. The predicted octanol–water partition coefficient (Wildman–Crippen LogP) is 8.73. The lowest BCUT2D eigenvalue weighted by Gasteiger charge is -2.44. The summed E-state index contributed by atoms with van der Waals surface area (Å²) in [6.07, 6.45) is 22.4. The quantitative estimate of drug-likeness (QED) is 0.352. The Morgan fingerprint density at radius 1 is 0.667 bits per heavy atom. The molecular formula is C31H40P2. The fourth-order valence-corrected chi connectivity index (χ4v) is 13.9. The van der Waals surface area contributed by atoms with Gasteiger partial charge in [-0.25, -0.2) is 0 Å². The molecule has 0 amide bonds. The molecule has 174 valence electrons. The smallest absolute Gasteiger partial charge is 0.00969 e. The van der Waals surface area contributed by atoms with Gasteiger partial charge in [0, 0.05) is 5.92 Å². The van der Waals surface area contributed by atoms with Crippen LogP contribution in [-0.4, -0.2) is 17.0 Å². The van der Waals surface area contributed by atoms with Crippen LogP contribution >= 0.6 is 15.8 Å². The van der Waals surface area contributed by atoms with Crippen molar-refractivity contribution >= 4 is 26.5 Å². The zero-order valence-electron chi connectivity index (χ0n) is 20.3. The highest BCUT2D eigenvalue weighted by Gasteiger charge is 2.40. The summed E-state index contributed by atoms with van der Waals surface area (Å²) in [5, 5.41) is 4.71. The molecular weight excluding hydrogens is 434 g/mol. The molecule has 0 N–H and O–H groups in total. The molecule has 0 aliphatic heterocycles. The molecule has 0 radical (unpaired) electrons. The minimum atomic E-state index is -0.474. The predicted molar refractivity (Wildman–Crippen MR) is 150 cm³/mol. The van der Waals surface area contributed by atoms with Gasteiger partial charge >= 0.3 is 0 Å². The lowest BCUT2D eigenvalue weighted by molar-refractivity contribution is 0.479. The molecule has 2 saturated carbocycles. The summed E-state index contributed by atoms with van der Waals surface area (Å²) >= 11 is 0. The molecule has 0 saturated heterocycles. The summed E-state index contributed by atoms with van der Waals surface area (Å²) in [6, 6.07) is 22.7. The largest absolute Gasteiger partial charge is 0.0965 e. The molecule has 3 aliphatic rings. The Morgan fingerprint density at radius 2 is 1.15 bits per heavy atom. The monoisotopic (exact) mass is 474 g/mol. The molecule has 2 heteroatoms. The summed E-state index contributed by atoms with van der Waals surface area (Å²) in [7, 11) is -0.415. The van der Waals surface area contributed by atoms with Gasteiger partial charge in [-0.15, -0.1) is 0 Å². The number of allylic oxidation sites excluding steroid dienone is 4. The topological polar surface area (TPSA) is 0 Å². The van der Waals surface area contributed by atoms with E-state index in [0.29, 0.717) is 5.92 Å². The van der Waals surface area contributed by atoms with Crippen molar-refractivity contribution in [3.63, 3.8) is 0 Å². The van der Waals surface area contributed by atoms with Crippen LogP contribution in [0.25, 0.3) is 0 Å². The molecule has 5 rings (SSSR count). The van der Waals surface area contributed by atoms with E-state index in [1.54, 1.807) is 5.31 Å². The lowest BCUT2D eigenvalue weighted by atomic mass is 9.99. The zero-order chi connectivity index (χ0) is 22.5. The molecule has 0 spiro atoms. The van der Waals surface area contributed by atoms with Crippen LogP contribution in [0.15, 0.2) is 84.2 Å². The van der Waals surface area contributed by atoms with E-state index in [1.165, 1.54) is 74.8 Å². The van der Waals surface area contributed by atoms with Crippen LogP contribution in [0.4, 0.5) is 0 Å². The Bertz CT molecular complexity index is 862. The highest BCUT2D eigenvalue weighted by atomic mass is 31.1. The summed E-state index contributed by atoms with van der Waals surface area (Å²) in [5.41, 5.74) is 2.83. The first-order valence-corrected chi connectivity index (χ1v) is 16.3. The maximum Gasteiger partial charge on any atom is 0.00969 e. The Kier molecular flexibility index (Phi) is 8.18. The second kappa shape index (κ2) is 11.5. The third-order valence-corrected chi connectivity index (χ3v) is 14.8. The standard InChI is InChI=1S/C31H40P2/c1-25(32(26-15-6-2-7-16-26)27-17-8-3-9-18-27)30-23-14-24-31(30)33(28-19-10-4-11-20-28)29-21-12-5-13-22-29/h4-5,10-14,19-27,30H,2-3,6-9,15-18H2,1H3/t25-,30+/m1/s1. The van der Waals surface area contributed by atoms with Crippen molar-refractivity contribution in [3.8, 4) is 0 Å². The molecule has 0 heterocycles. The van der Waals surface area contributed by atoms with Crippen molar-refractivity contribution in [1.29, 1.82) is 0 Å². The molecule has 0 unspecified atom stereocenters. The SMILES string of the molecule is C[C@H]([C@@H]1C=CC=C1P(c1ccccc1)c1ccccc1)P(C1CCCCC1)C1CCCCC1. The molecule has 0 bridgehead atoms. The van der Waals surface area contributed by atoms with Crippen molar-refractivity contribution < 1.29 is 0 Å². The van der Waals surface area contributed by atoms with Gasteiger partial charge in [-0.1, -0.05) is 132 Å². The van der Waals surface area contributed by atoms with E-state index in [2.05, 4.69) is 85.8 Å². The highest BCUT2D eigenvalue weighted by Crippen LogP contribution is 2.63. The van der Waals surface area contributed by atoms with E-state index in [1.807, 2.05) is 0 Å². The molecule has 3 aliphatic carbocycles.